The summed E-state index contributed by atoms with van der Waals surface area (Å²) in [6, 6.07) is 0. The second-order valence-corrected chi connectivity index (χ2v) is 0. The quantitative estimate of drug-likeness (QED) is 0.252. The van der Waals surface area contributed by atoms with Crippen LogP contribution in [0.4, 0.5) is 0 Å². The van der Waals surface area contributed by atoms with Gasteiger partial charge in [-0.3, -0.25) is 0 Å². The first kappa shape index (κ1) is 19.2. The largest absolute Gasteiger partial charge is 1.00 e. The van der Waals surface area contributed by atoms with Gasteiger partial charge in [-0.2, -0.15) is 7.11 Å². The fourth-order valence-corrected chi connectivity index (χ4v) is 0. The Kier molecular flexibility index (Phi) is 149. The average molecular weight is 44.9 g/mol. The Labute approximate surface area is 50.1 Å². The third-order valence-electron chi connectivity index (χ3n) is 0. The van der Waals surface area contributed by atoms with Crippen LogP contribution in [0.3, 0.4) is 0 Å². The summed E-state index contributed by atoms with van der Waals surface area (Å²) in [5.74, 6) is 0. The summed E-state index contributed by atoms with van der Waals surface area (Å²) < 4.78 is 0. The van der Waals surface area contributed by atoms with Crippen LogP contribution < -0.4 is 24.0 Å². The summed E-state index contributed by atoms with van der Waals surface area (Å²) >= 11 is 0. The van der Waals surface area contributed by atoms with E-state index in [1.807, 2.05) is 0 Å². The molecule has 1 nitrogen and oxygen atoms in total. The molecule has 0 saturated carbocycles. The first-order valence-corrected chi connectivity index (χ1v) is 0.408. The van der Waals surface area contributed by atoms with Gasteiger partial charge in [-0.25, -0.2) is 0 Å². The molecule has 0 bridgehead atoms. The molecule has 0 rings (SSSR count). The Morgan fingerprint density at radius 1 is 1.25 bits per heavy atom. The first-order valence-electron chi connectivity index (χ1n) is 0.408. The third-order valence-corrected chi connectivity index (χ3v) is 0. The van der Waals surface area contributed by atoms with Crippen molar-refractivity contribution in [1.82, 2.24) is 0 Å². The van der Waals surface area contributed by atoms with Crippen molar-refractivity contribution in [2.45, 2.75) is 0 Å². The van der Waals surface area contributed by atoms with Crippen LogP contribution in [0.25, 0.3) is 0 Å². The molecule has 0 aromatic heterocycles. The molecule has 0 spiro atoms. The Balaban J connectivity index is -0.00000000500. The molecule has 15 valence electrons. The van der Waals surface area contributed by atoms with E-state index in [0.717, 1.165) is 7.11 Å². The maximum Gasteiger partial charge on any atom is 1.00 e. The van der Waals surface area contributed by atoms with E-state index in [2.05, 4.69) is 0 Å². The van der Waals surface area contributed by atoms with Gasteiger partial charge in [0.2, 0.25) is 0 Å². The van der Waals surface area contributed by atoms with Crippen LogP contribution in [0.2, 0.25) is 0 Å². The van der Waals surface area contributed by atoms with Crippen molar-refractivity contribution < 1.29 is 24.0 Å². The van der Waals surface area contributed by atoms with Crippen molar-refractivity contribution >= 4 is 18.9 Å². The van der Waals surface area contributed by atoms with Crippen LogP contribution in [0.1, 0.15) is 0 Å². The average Bonchev–Trinajstić information content (AvgIpc) is 1.00. The second-order valence-electron chi connectivity index (χ2n) is 0. The van der Waals surface area contributed by atoms with Crippen molar-refractivity contribution in [2.24, 2.45) is 0 Å². The zero-order valence-corrected chi connectivity index (χ0v) is 3.41. The van der Waals surface area contributed by atoms with Gasteiger partial charge in [0.1, 0.15) is 0 Å². The number of hydrogen-bond donors (Lipinski definition) is 0. The molecule has 0 aliphatic carbocycles. The van der Waals surface area contributed by atoms with Crippen molar-refractivity contribution in [3.63, 3.8) is 0 Å². The van der Waals surface area contributed by atoms with E-state index in [9.17, 15) is 0 Å². The Morgan fingerprint density at radius 2 is 1.25 bits per heavy atom. The summed E-state index contributed by atoms with van der Waals surface area (Å²) in [6.07, 6.45) is 0. The zero-order valence-electron chi connectivity index (χ0n) is 3.41. The van der Waals surface area contributed by atoms with Gasteiger partial charge in [0.15, 0.2) is 0 Å². The third kappa shape index (κ3) is 11.0. The minimum absolute atomic E-state index is 0. The fourth-order valence-electron chi connectivity index (χ4n) is 0. The molecule has 0 unspecified atom stereocenters. The van der Waals surface area contributed by atoms with E-state index >= 15 is 0 Å². The van der Waals surface area contributed by atoms with E-state index in [1.165, 1.54) is 0 Å². The molecular formula is CH3Li2O. The fraction of sp³-hybridized carbons (Fsp3) is 1.00. The molecule has 3 heteroatoms. The predicted molar refractivity (Wildman–Crippen MR) is 11.7 cm³/mol. The molecule has 0 aliphatic rings. The topological polar surface area (TPSA) is 23.1 Å². The normalized spacial score (nSPS) is 1.50. The molecule has 0 saturated heterocycles. The van der Waals surface area contributed by atoms with Gasteiger partial charge >= 0.3 is 18.9 Å². The maximum atomic E-state index is 8.25. The predicted octanol–water partition coefficient (Wildman–Crippen LogP) is -4.40. The Morgan fingerprint density at radius 3 is 1.25 bits per heavy atom. The van der Waals surface area contributed by atoms with Gasteiger partial charge in [-0.1, -0.05) is 0 Å². The smallest absolute Gasteiger partial charge is 0.857 e. The summed E-state index contributed by atoms with van der Waals surface area (Å²) in [5, 5.41) is 8.25. The van der Waals surface area contributed by atoms with Gasteiger partial charge in [0.05, 0.1) is 0 Å². The van der Waals surface area contributed by atoms with Crippen LogP contribution in [-0.4, -0.2) is 26.0 Å². The van der Waals surface area contributed by atoms with E-state index in [4.69, 9.17) is 5.11 Å². The molecule has 0 aromatic rings. The van der Waals surface area contributed by atoms with Crippen LogP contribution in [0.15, 0.2) is 0 Å². The van der Waals surface area contributed by atoms with E-state index in [1.54, 1.807) is 0 Å². The van der Waals surface area contributed by atoms with Gasteiger partial charge in [0, 0.05) is 18.9 Å². The van der Waals surface area contributed by atoms with Crippen LogP contribution in [0.5, 0.6) is 0 Å². The van der Waals surface area contributed by atoms with Crippen LogP contribution in [0, 0.1) is 0 Å². The molecule has 0 N–H and O–H groups in total. The van der Waals surface area contributed by atoms with E-state index < -0.39 is 0 Å². The molecule has 0 amide bonds. The molecule has 0 aromatic carbocycles. The minimum atomic E-state index is 0. The summed E-state index contributed by atoms with van der Waals surface area (Å²) in [5.41, 5.74) is 0. The molecule has 0 atom stereocenters. The summed E-state index contributed by atoms with van der Waals surface area (Å²) in [7, 11) is 0.750. The molecular weight excluding hydrogens is 41.9 g/mol. The minimum Gasteiger partial charge on any atom is -0.857 e. The number of hydrogen-bond acceptors (Lipinski definition) is 1. The number of rotatable bonds is 0. The van der Waals surface area contributed by atoms with Crippen molar-refractivity contribution in [3.05, 3.63) is 0 Å². The maximum absolute atomic E-state index is 8.25. The van der Waals surface area contributed by atoms with Gasteiger partial charge in [0.25, 0.3) is 0 Å². The second kappa shape index (κ2) is 31.0. The van der Waals surface area contributed by atoms with Gasteiger partial charge in [-0.05, 0) is 0 Å². The van der Waals surface area contributed by atoms with E-state index in [0.29, 0.717) is 0 Å². The van der Waals surface area contributed by atoms with Crippen molar-refractivity contribution in [1.29, 1.82) is 0 Å². The van der Waals surface area contributed by atoms with Gasteiger partial charge in [-0.15, -0.1) is 0 Å². The SMILES string of the molecule is C[O-].[Li+].[Li]. The molecule has 1 radical (unpaired) electrons. The first-order chi connectivity index (χ1) is 1.00. The van der Waals surface area contributed by atoms with E-state index in [-0.39, 0.29) is 37.7 Å². The summed E-state index contributed by atoms with van der Waals surface area (Å²) in [4.78, 5) is 0. The standard InChI is InChI=1S/CH3O.2Li/c1-2;;/h1H3;;/q-1;;+1. The summed E-state index contributed by atoms with van der Waals surface area (Å²) in [6.45, 7) is 0. The zero-order chi connectivity index (χ0) is 2.00. The Bertz CT molecular complexity index is 6.00. The molecule has 4 heavy (non-hydrogen) atoms. The monoisotopic (exact) mass is 45.1 g/mol. The van der Waals surface area contributed by atoms with Crippen molar-refractivity contribution in [2.75, 3.05) is 7.11 Å². The molecule has 0 aliphatic heterocycles. The molecule has 0 fully saturated rings. The van der Waals surface area contributed by atoms with Crippen molar-refractivity contribution in [3.8, 4) is 0 Å². The Hall–Kier alpha value is 1.15. The van der Waals surface area contributed by atoms with Crippen LogP contribution >= 0.6 is 0 Å². The molecule has 0 heterocycles. The van der Waals surface area contributed by atoms with Crippen LogP contribution in [-0.2, 0) is 0 Å². The van der Waals surface area contributed by atoms with Gasteiger partial charge < -0.3 is 5.11 Å².